The molecule has 0 radical (unpaired) electrons. The summed E-state index contributed by atoms with van der Waals surface area (Å²) in [7, 11) is 0. The monoisotopic (exact) mass is 374 g/mol. The van der Waals surface area contributed by atoms with Crippen LogP contribution in [0.5, 0.6) is 0 Å². The van der Waals surface area contributed by atoms with E-state index in [0.29, 0.717) is 10.6 Å². The molecular formula is C16H14N4O3S2. The Balaban J connectivity index is 1.56. The van der Waals surface area contributed by atoms with Crippen LogP contribution in [0, 0.1) is 6.92 Å². The fraction of sp³-hybridized carbons (Fsp3) is 0.188. The molecule has 0 spiro atoms. The van der Waals surface area contributed by atoms with E-state index in [1.54, 1.807) is 13.0 Å². The lowest BCUT2D eigenvalue weighted by molar-refractivity contribution is -0.122. The van der Waals surface area contributed by atoms with Gasteiger partial charge >= 0.3 is 0 Å². The van der Waals surface area contributed by atoms with Crippen molar-refractivity contribution in [3.8, 4) is 0 Å². The SMILES string of the molecule is Cc1cnc(C(=O)NCCN2C(=O)S/C(=C/c3cccs3)C2=O)cn1. The van der Waals surface area contributed by atoms with Gasteiger partial charge in [-0.2, -0.15) is 0 Å². The van der Waals surface area contributed by atoms with Gasteiger partial charge in [0.2, 0.25) is 0 Å². The van der Waals surface area contributed by atoms with Crippen LogP contribution >= 0.6 is 23.1 Å². The number of thiophene rings is 1. The molecule has 25 heavy (non-hydrogen) atoms. The molecule has 3 rings (SSSR count). The quantitative estimate of drug-likeness (QED) is 0.808. The van der Waals surface area contributed by atoms with Crippen molar-refractivity contribution in [2.45, 2.75) is 6.92 Å². The first-order chi connectivity index (χ1) is 12.0. The highest BCUT2D eigenvalue weighted by Gasteiger charge is 2.34. The van der Waals surface area contributed by atoms with Crippen LogP contribution < -0.4 is 5.32 Å². The van der Waals surface area contributed by atoms with E-state index < -0.39 is 5.91 Å². The minimum absolute atomic E-state index is 0.109. The molecule has 9 heteroatoms. The zero-order valence-electron chi connectivity index (χ0n) is 13.3. The van der Waals surface area contributed by atoms with E-state index in [-0.39, 0.29) is 29.9 Å². The fourth-order valence-corrected chi connectivity index (χ4v) is 3.66. The Morgan fingerprint density at radius 3 is 2.84 bits per heavy atom. The van der Waals surface area contributed by atoms with Crippen LogP contribution in [0.1, 0.15) is 21.1 Å². The third-order valence-electron chi connectivity index (χ3n) is 3.32. The molecule has 0 atom stereocenters. The van der Waals surface area contributed by atoms with Gasteiger partial charge in [-0.1, -0.05) is 6.07 Å². The molecular weight excluding hydrogens is 360 g/mol. The van der Waals surface area contributed by atoms with Gasteiger partial charge in [-0.3, -0.25) is 24.3 Å². The zero-order chi connectivity index (χ0) is 17.8. The standard InChI is InChI=1S/C16H14N4O3S2/c1-10-8-19-12(9-18-10)14(21)17-4-5-20-15(22)13(25-16(20)23)7-11-3-2-6-24-11/h2-3,6-9H,4-5H2,1H3,(H,17,21)/b13-7+. The van der Waals surface area contributed by atoms with Crippen LogP contribution in [0.2, 0.25) is 0 Å². The molecule has 1 aliphatic rings. The second-order valence-electron chi connectivity index (χ2n) is 5.15. The highest BCUT2D eigenvalue weighted by atomic mass is 32.2. The number of nitrogens with one attached hydrogen (secondary N) is 1. The van der Waals surface area contributed by atoms with Crippen molar-refractivity contribution in [1.29, 1.82) is 0 Å². The smallest absolute Gasteiger partial charge is 0.293 e. The number of rotatable bonds is 5. The van der Waals surface area contributed by atoms with Crippen LogP contribution in [0.4, 0.5) is 4.79 Å². The van der Waals surface area contributed by atoms with E-state index in [2.05, 4.69) is 15.3 Å². The van der Waals surface area contributed by atoms with Crippen LogP contribution in [-0.4, -0.2) is 45.0 Å². The lowest BCUT2D eigenvalue weighted by atomic mass is 10.3. The molecule has 0 bridgehead atoms. The van der Waals surface area contributed by atoms with Crippen molar-refractivity contribution in [2.24, 2.45) is 0 Å². The maximum absolute atomic E-state index is 12.3. The number of nitrogens with zero attached hydrogens (tertiary/aromatic N) is 3. The molecule has 7 nitrogen and oxygen atoms in total. The number of aromatic nitrogens is 2. The van der Waals surface area contributed by atoms with Crippen molar-refractivity contribution in [3.63, 3.8) is 0 Å². The first kappa shape index (κ1) is 17.3. The summed E-state index contributed by atoms with van der Waals surface area (Å²) in [5, 5.41) is 4.20. The van der Waals surface area contributed by atoms with Crippen LogP contribution in [-0.2, 0) is 4.79 Å². The van der Waals surface area contributed by atoms with E-state index in [0.717, 1.165) is 21.5 Å². The topological polar surface area (TPSA) is 92.3 Å². The van der Waals surface area contributed by atoms with Gasteiger partial charge in [0.05, 0.1) is 16.8 Å². The Hall–Kier alpha value is -2.52. The number of hydrogen-bond acceptors (Lipinski definition) is 7. The Morgan fingerprint density at radius 1 is 1.32 bits per heavy atom. The van der Waals surface area contributed by atoms with E-state index >= 15 is 0 Å². The number of hydrogen-bond donors (Lipinski definition) is 1. The summed E-state index contributed by atoms with van der Waals surface area (Å²) in [5.41, 5.74) is 0.907. The largest absolute Gasteiger partial charge is 0.349 e. The molecule has 1 aliphatic heterocycles. The first-order valence-electron chi connectivity index (χ1n) is 7.40. The molecule has 2 aromatic heterocycles. The number of aryl methyl sites for hydroxylation is 1. The summed E-state index contributed by atoms with van der Waals surface area (Å²) in [5.74, 6) is -0.735. The highest BCUT2D eigenvalue weighted by Crippen LogP contribution is 2.32. The van der Waals surface area contributed by atoms with Gasteiger partial charge in [0.1, 0.15) is 5.69 Å². The molecule has 2 aromatic rings. The van der Waals surface area contributed by atoms with Gasteiger partial charge in [0.15, 0.2) is 0 Å². The number of amides is 3. The third kappa shape index (κ3) is 4.12. The van der Waals surface area contributed by atoms with Gasteiger partial charge in [0, 0.05) is 24.2 Å². The van der Waals surface area contributed by atoms with Crippen LogP contribution in [0.15, 0.2) is 34.8 Å². The van der Waals surface area contributed by atoms with E-state index in [1.807, 2.05) is 17.5 Å². The summed E-state index contributed by atoms with van der Waals surface area (Å²) in [6, 6.07) is 3.76. The maximum atomic E-state index is 12.3. The minimum Gasteiger partial charge on any atom is -0.349 e. The minimum atomic E-state index is -0.395. The van der Waals surface area contributed by atoms with Crippen molar-refractivity contribution < 1.29 is 14.4 Å². The molecule has 3 amide bonds. The number of carbonyl (C=O) groups excluding carboxylic acids is 3. The Bertz CT molecular complexity index is 832. The predicted octanol–water partition coefficient (Wildman–Crippen LogP) is 2.31. The molecule has 128 valence electrons. The van der Waals surface area contributed by atoms with Gasteiger partial charge < -0.3 is 5.32 Å². The molecule has 0 aliphatic carbocycles. The highest BCUT2D eigenvalue weighted by molar-refractivity contribution is 8.18. The number of thioether (sulfide) groups is 1. The van der Waals surface area contributed by atoms with Crippen molar-refractivity contribution >= 4 is 46.2 Å². The Kier molecular flexibility index (Phi) is 5.25. The van der Waals surface area contributed by atoms with Gasteiger partial charge in [-0.05, 0) is 36.2 Å². The average Bonchev–Trinajstić information content (AvgIpc) is 3.19. The van der Waals surface area contributed by atoms with Crippen molar-refractivity contribution in [2.75, 3.05) is 13.1 Å². The average molecular weight is 374 g/mol. The van der Waals surface area contributed by atoms with Crippen molar-refractivity contribution in [3.05, 3.63) is 51.1 Å². The predicted molar refractivity (Wildman–Crippen MR) is 96.1 cm³/mol. The lowest BCUT2D eigenvalue weighted by Crippen LogP contribution is -2.37. The van der Waals surface area contributed by atoms with Gasteiger partial charge in [0.25, 0.3) is 17.1 Å². The van der Waals surface area contributed by atoms with Gasteiger partial charge in [-0.25, -0.2) is 4.98 Å². The molecule has 0 unspecified atom stereocenters. The zero-order valence-corrected chi connectivity index (χ0v) is 14.9. The van der Waals surface area contributed by atoms with E-state index in [9.17, 15) is 14.4 Å². The first-order valence-corrected chi connectivity index (χ1v) is 9.10. The molecule has 3 heterocycles. The Morgan fingerprint density at radius 2 is 2.16 bits per heavy atom. The lowest BCUT2D eigenvalue weighted by Gasteiger charge is -2.12. The van der Waals surface area contributed by atoms with Crippen LogP contribution in [0.3, 0.4) is 0 Å². The summed E-state index contributed by atoms with van der Waals surface area (Å²) in [6.07, 6.45) is 4.59. The molecule has 1 N–H and O–H groups in total. The maximum Gasteiger partial charge on any atom is 0.293 e. The summed E-state index contributed by atoms with van der Waals surface area (Å²) in [6.45, 7) is 2.04. The normalized spacial score (nSPS) is 15.9. The Labute approximate surface area is 152 Å². The summed E-state index contributed by atoms with van der Waals surface area (Å²) in [4.78, 5) is 46.7. The molecule has 0 aromatic carbocycles. The fourth-order valence-electron chi connectivity index (χ4n) is 2.08. The van der Waals surface area contributed by atoms with E-state index in [4.69, 9.17) is 0 Å². The second kappa shape index (κ2) is 7.58. The third-order valence-corrected chi connectivity index (χ3v) is 5.05. The van der Waals surface area contributed by atoms with Crippen LogP contribution in [0.25, 0.3) is 6.08 Å². The molecule has 1 fully saturated rings. The second-order valence-corrected chi connectivity index (χ2v) is 7.12. The summed E-state index contributed by atoms with van der Waals surface area (Å²) < 4.78 is 0. The molecule has 0 saturated carbocycles. The van der Waals surface area contributed by atoms with E-state index in [1.165, 1.54) is 23.7 Å². The number of imide groups is 1. The molecule has 1 saturated heterocycles. The van der Waals surface area contributed by atoms with Gasteiger partial charge in [-0.15, -0.1) is 11.3 Å². The van der Waals surface area contributed by atoms with Crippen molar-refractivity contribution in [1.82, 2.24) is 20.2 Å². The number of carbonyl (C=O) groups is 3. The summed E-state index contributed by atoms with van der Waals surface area (Å²) >= 11 is 2.40.